The Morgan fingerprint density at radius 3 is 2.32 bits per heavy atom. The predicted molar refractivity (Wildman–Crippen MR) is 256 cm³/mol. The molecule has 1 N–H and O–H groups in total. The number of aryl methyl sites for hydroxylation is 1. The van der Waals surface area contributed by atoms with Crippen molar-refractivity contribution in [2.45, 2.75) is 58.6 Å². The van der Waals surface area contributed by atoms with E-state index in [9.17, 15) is 19.2 Å². The molecule has 2 aliphatic heterocycles. The number of carbonyl (C=O) groups is 4. The molecule has 2 aromatic carbocycles. The summed E-state index contributed by atoms with van der Waals surface area (Å²) < 4.78 is 8.18. The van der Waals surface area contributed by atoms with Crippen LogP contribution in [0.1, 0.15) is 72.9 Å². The first kappa shape index (κ1) is 49.9. The summed E-state index contributed by atoms with van der Waals surface area (Å²) in [6.07, 6.45) is 11.3. The fourth-order valence-electron chi connectivity index (χ4n) is 7.32. The SMILES string of the molecule is C=c1/c(=C\N=CC)c2ccc(-c3ccc(C#CCN4CCN(CCCOC5CN(c6ccc(C=O)c(C=O)c6)C5)CC4)nc3)cc2n1C.CCC.CNC(=O)C(CCC=O)N(C)C. The maximum Gasteiger partial charge on any atom is 0.237 e. The number of anilines is 1. The molecule has 2 saturated heterocycles. The molecular weight excluding hydrogens is 793 g/mol. The van der Waals surface area contributed by atoms with Gasteiger partial charge in [-0.25, -0.2) is 4.98 Å². The van der Waals surface area contributed by atoms with Crippen LogP contribution in [0.25, 0.3) is 34.8 Å². The highest BCUT2D eigenvalue weighted by atomic mass is 16.5. The number of pyridine rings is 1. The summed E-state index contributed by atoms with van der Waals surface area (Å²) in [5.41, 5.74) is 5.87. The lowest BCUT2D eigenvalue weighted by atomic mass is 10.1. The zero-order valence-electron chi connectivity index (χ0n) is 38.3. The maximum atomic E-state index is 11.2. The minimum atomic E-state index is -0.194. The highest BCUT2D eigenvalue weighted by Gasteiger charge is 2.28. The minimum Gasteiger partial charge on any atom is -0.374 e. The second-order valence-corrected chi connectivity index (χ2v) is 15.9. The van der Waals surface area contributed by atoms with Gasteiger partial charge in [-0.2, -0.15) is 0 Å². The number of carbonyl (C=O) groups excluding carboxylic acids is 4. The number of piperazine rings is 1. The molecule has 0 saturated carbocycles. The van der Waals surface area contributed by atoms with E-state index in [1.807, 2.05) is 57.5 Å². The molecule has 1 atom stereocenters. The first-order valence-corrected chi connectivity index (χ1v) is 21.9. The number of hydrogen-bond acceptors (Lipinski definition) is 11. The normalized spacial score (nSPS) is 15.1. The number of nitrogens with zero attached hydrogens (tertiary/aromatic N) is 7. The molecule has 1 amide bonds. The lowest BCUT2D eigenvalue weighted by Gasteiger charge is -2.41. The topological polar surface area (TPSA) is 133 Å². The molecule has 0 radical (unpaired) electrons. The first-order chi connectivity index (χ1) is 30.5. The van der Waals surface area contributed by atoms with Crippen molar-refractivity contribution < 1.29 is 23.9 Å². The van der Waals surface area contributed by atoms with Gasteiger partial charge in [0, 0.05) is 135 Å². The molecule has 13 heteroatoms. The lowest BCUT2D eigenvalue weighted by molar-refractivity contribution is -0.125. The standard InChI is InChI=1S/C39H42N6O3.C8H16N2O2.C3H8/c1-4-40-24-38-29(2)42(3)39-22-30(10-13-37(38)39)31-8-11-34(41-23-31)7-5-14-43-16-18-44(19-17-43)15-6-20-48-36-25-45(26-36)35-12-9-32(27-46)33(21-35)28-47;1-9-8(12)7(10(2)3)5-4-6-11;1-3-2/h4,8-13,21-24,27-28,36H,2,6,14-20,25-26H2,1,3H3;6-7H,4-5H2,1-3H3,(H,9,12);3H2,1-2H3/b38-24+,40-4?;;. The van der Waals surface area contributed by atoms with E-state index in [0.717, 1.165) is 122 Å². The smallest absolute Gasteiger partial charge is 0.237 e. The zero-order valence-corrected chi connectivity index (χ0v) is 38.3. The van der Waals surface area contributed by atoms with Crippen LogP contribution in [0.15, 0.2) is 59.7 Å². The van der Waals surface area contributed by atoms with Gasteiger partial charge in [-0.15, -0.1) is 0 Å². The van der Waals surface area contributed by atoms with Crippen LogP contribution < -0.4 is 20.8 Å². The lowest BCUT2D eigenvalue weighted by Crippen LogP contribution is -2.52. The van der Waals surface area contributed by atoms with E-state index in [1.165, 1.54) is 6.42 Å². The Bertz CT molecular complexity index is 2310. The van der Waals surface area contributed by atoms with Crippen LogP contribution in [-0.2, 0) is 21.4 Å². The highest BCUT2D eigenvalue weighted by Crippen LogP contribution is 2.25. The third kappa shape index (κ3) is 14.4. The third-order valence-corrected chi connectivity index (χ3v) is 11.0. The molecule has 63 heavy (non-hydrogen) atoms. The van der Waals surface area contributed by atoms with E-state index in [-0.39, 0.29) is 18.1 Å². The second kappa shape index (κ2) is 26.0. The number of likely N-dealkylation sites (N-methyl/N-ethyl adjacent to an activating group) is 2. The summed E-state index contributed by atoms with van der Waals surface area (Å²) in [5.74, 6) is 6.52. The number of fused-ring (bicyclic) bond motifs is 1. The van der Waals surface area contributed by atoms with Crippen LogP contribution in [-0.4, -0.2) is 147 Å². The van der Waals surface area contributed by atoms with Gasteiger partial charge in [-0.1, -0.05) is 51.0 Å². The van der Waals surface area contributed by atoms with Crippen molar-refractivity contribution in [2.75, 3.05) is 85.0 Å². The van der Waals surface area contributed by atoms with Gasteiger partial charge >= 0.3 is 0 Å². The minimum absolute atomic E-state index is 0.0400. The number of rotatable bonds is 16. The number of aliphatic imine (C=N–C) groups is 1. The van der Waals surface area contributed by atoms with Crippen LogP contribution in [0.4, 0.5) is 5.69 Å². The summed E-state index contributed by atoms with van der Waals surface area (Å²) in [7, 11) is 7.28. The average Bonchev–Trinajstić information content (AvgIpc) is 3.52. The number of nitrogens with one attached hydrogen (secondary N) is 1. The quantitative estimate of drug-likeness (QED) is 0.0748. The van der Waals surface area contributed by atoms with Crippen molar-refractivity contribution in [3.05, 3.63) is 82.1 Å². The molecule has 0 spiro atoms. The van der Waals surface area contributed by atoms with Crippen molar-refractivity contribution in [1.82, 2.24) is 29.6 Å². The van der Waals surface area contributed by atoms with Gasteiger partial charge in [0.15, 0.2) is 12.6 Å². The van der Waals surface area contributed by atoms with Gasteiger partial charge in [-0.05, 0) is 75.7 Å². The summed E-state index contributed by atoms with van der Waals surface area (Å²) in [6, 6.07) is 15.7. The molecule has 336 valence electrons. The Balaban J connectivity index is 0.000000499. The van der Waals surface area contributed by atoms with Crippen LogP contribution in [0.3, 0.4) is 0 Å². The zero-order chi connectivity index (χ0) is 45.7. The molecular formula is C50H66N8O5. The van der Waals surface area contributed by atoms with E-state index in [4.69, 9.17) is 4.74 Å². The van der Waals surface area contributed by atoms with E-state index >= 15 is 0 Å². The Hall–Kier alpha value is -5.78. The molecule has 13 nitrogen and oxygen atoms in total. The molecule has 2 fully saturated rings. The van der Waals surface area contributed by atoms with Crippen molar-refractivity contribution in [2.24, 2.45) is 12.0 Å². The summed E-state index contributed by atoms with van der Waals surface area (Å²) >= 11 is 0. The van der Waals surface area contributed by atoms with Crippen molar-refractivity contribution in [3.63, 3.8) is 0 Å². The van der Waals surface area contributed by atoms with Gasteiger partial charge in [-0.3, -0.25) is 29.2 Å². The number of aromatic nitrogens is 2. The van der Waals surface area contributed by atoms with Crippen molar-refractivity contribution in [3.8, 4) is 23.0 Å². The fraction of sp³-hybridized carbons (Fsp3) is 0.440. The van der Waals surface area contributed by atoms with Crippen LogP contribution in [0.5, 0.6) is 0 Å². The van der Waals surface area contributed by atoms with Crippen LogP contribution in [0.2, 0.25) is 0 Å². The molecule has 2 aliphatic rings. The van der Waals surface area contributed by atoms with Crippen molar-refractivity contribution in [1.29, 1.82) is 0 Å². The van der Waals surface area contributed by atoms with Crippen LogP contribution in [0, 0.1) is 11.8 Å². The molecule has 4 aromatic rings. The summed E-state index contributed by atoms with van der Waals surface area (Å²) in [5, 5.41) is 5.68. The molecule has 6 rings (SSSR count). The molecule has 0 bridgehead atoms. The second-order valence-electron chi connectivity index (χ2n) is 15.9. The fourth-order valence-corrected chi connectivity index (χ4v) is 7.32. The van der Waals surface area contributed by atoms with E-state index in [0.29, 0.717) is 30.3 Å². The highest BCUT2D eigenvalue weighted by molar-refractivity contribution is 5.91. The Morgan fingerprint density at radius 1 is 1.00 bits per heavy atom. The van der Waals surface area contributed by atoms with E-state index < -0.39 is 0 Å². The van der Waals surface area contributed by atoms with Gasteiger partial charge in [0.1, 0.15) is 12.0 Å². The Labute approximate surface area is 373 Å². The Morgan fingerprint density at radius 2 is 1.70 bits per heavy atom. The van der Waals surface area contributed by atoms with Crippen molar-refractivity contribution >= 4 is 60.3 Å². The van der Waals surface area contributed by atoms with Gasteiger partial charge in [0.2, 0.25) is 5.91 Å². The molecule has 4 heterocycles. The third-order valence-electron chi connectivity index (χ3n) is 11.0. The van der Waals surface area contributed by atoms with Gasteiger partial charge in [0.05, 0.1) is 18.7 Å². The molecule has 0 aliphatic carbocycles. The largest absolute Gasteiger partial charge is 0.374 e. The van der Waals surface area contributed by atoms with Crippen LogP contribution >= 0.6 is 0 Å². The summed E-state index contributed by atoms with van der Waals surface area (Å²) in [6.45, 7) is 18.6. The van der Waals surface area contributed by atoms with Gasteiger partial charge in [0.25, 0.3) is 0 Å². The average molecular weight is 859 g/mol. The summed E-state index contributed by atoms with van der Waals surface area (Å²) in [4.78, 5) is 61.4. The maximum absolute atomic E-state index is 11.2. The monoisotopic (exact) mass is 859 g/mol. The number of amides is 1. The number of ether oxygens (including phenoxy) is 1. The molecule has 1 unspecified atom stereocenters. The number of hydrogen-bond donors (Lipinski definition) is 1. The van der Waals surface area contributed by atoms with Gasteiger partial charge < -0.3 is 29.2 Å². The predicted octanol–water partition coefficient (Wildman–Crippen LogP) is 4.43. The Kier molecular flexibility index (Phi) is 20.6. The number of aldehydes is 3. The molecule has 2 aromatic heterocycles. The van der Waals surface area contributed by atoms with E-state index in [2.05, 4.69) is 91.1 Å². The van der Waals surface area contributed by atoms with E-state index in [1.54, 1.807) is 25.4 Å². The number of benzene rings is 2. The first-order valence-electron chi connectivity index (χ1n) is 21.9.